The number of aliphatic carboxylic acids is 1. The Labute approximate surface area is 343 Å². The molecule has 9 rings (SSSR count). The Kier molecular flexibility index (Phi) is 11.0. The van der Waals surface area contributed by atoms with E-state index in [-0.39, 0.29) is 57.7 Å². The third kappa shape index (κ3) is 6.47. The normalized spacial score (nSPS) is 41.4. The second-order valence-corrected chi connectivity index (χ2v) is 20.1. The number of fused-ring (bicyclic) bond motifs is 7. The average molecular weight is 802 g/mol. The number of aromatic nitrogens is 2. The number of carboxylic acid groups (broad SMARTS) is 1. The molecule has 1 saturated heterocycles. The molecule has 0 bridgehead atoms. The lowest BCUT2D eigenvalue weighted by molar-refractivity contribution is -0.206. The van der Waals surface area contributed by atoms with Gasteiger partial charge in [-0.25, -0.2) is 13.8 Å². The van der Waals surface area contributed by atoms with E-state index in [9.17, 15) is 23.5 Å². The first-order valence-corrected chi connectivity index (χ1v) is 22.5. The molecule has 0 radical (unpaired) electrons. The van der Waals surface area contributed by atoms with Crippen LogP contribution in [0.2, 0.25) is 0 Å². The molecule has 14 atom stereocenters. The van der Waals surface area contributed by atoms with Crippen LogP contribution in [-0.2, 0) is 19.1 Å². The molecule has 1 aliphatic heterocycles. The second-order valence-electron chi connectivity index (χ2n) is 20.1. The highest BCUT2D eigenvalue weighted by molar-refractivity contribution is 5.84. The van der Waals surface area contributed by atoms with Gasteiger partial charge in [0, 0.05) is 18.2 Å². The summed E-state index contributed by atoms with van der Waals surface area (Å²) in [5.41, 5.74) is 0.850. The molecule has 6 aliphatic carbocycles. The molecule has 7 fully saturated rings. The van der Waals surface area contributed by atoms with Crippen LogP contribution in [0.1, 0.15) is 136 Å². The zero-order valence-electron chi connectivity index (χ0n) is 35.3. The van der Waals surface area contributed by atoms with Crippen molar-refractivity contribution < 1.29 is 33.0 Å². The van der Waals surface area contributed by atoms with Crippen molar-refractivity contribution >= 4 is 17.8 Å². The van der Waals surface area contributed by atoms with E-state index in [0.29, 0.717) is 60.0 Å². The van der Waals surface area contributed by atoms with Gasteiger partial charge < -0.3 is 19.7 Å². The van der Waals surface area contributed by atoms with Crippen LogP contribution in [-0.4, -0.2) is 50.5 Å². The Morgan fingerprint density at radius 3 is 2.36 bits per heavy atom. The van der Waals surface area contributed by atoms with Crippen LogP contribution in [0.3, 0.4) is 0 Å². The summed E-state index contributed by atoms with van der Waals surface area (Å²) in [6, 6.07) is 3.40. The van der Waals surface area contributed by atoms with Crippen molar-refractivity contribution in [2.75, 3.05) is 6.54 Å². The molecule has 1 amide bonds. The Balaban J connectivity index is 0.00000152. The summed E-state index contributed by atoms with van der Waals surface area (Å²) in [4.78, 5) is 49.8. The smallest absolute Gasteiger partial charge is 0.309 e. The van der Waals surface area contributed by atoms with Crippen LogP contribution < -0.4 is 0 Å². The third-order valence-corrected chi connectivity index (χ3v) is 17.8. The lowest BCUT2D eigenvalue weighted by Crippen LogP contribution is -2.62. The minimum Gasteiger partial charge on any atom is -0.481 e. The number of esters is 1. The predicted octanol–water partition coefficient (Wildman–Crippen LogP) is 10.6. The number of likely N-dealkylation sites (tertiary alicyclic amines) is 1. The van der Waals surface area contributed by atoms with Crippen molar-refractivity contribution in [2.45, 2.75) is 137 Å². The molecule has 0 spiro atoms. The van der Waals surface area contributed by atoms with Crippen LogP contribution >= 0.6 is 0 Å². The lowest BCUT2D eigenvalue weighted by atomic mass is 9.37. The second kappa shape index (κ2) is 15.5. The van der Waals surface area contributed by atoms with Gasteiger partial charge in [-0.1, -0.05) is 40.2 Å². The third-order valence-electron chi connectivity index (χ3n) is 17.8. The molecule has 6 saturated carbocycles. The number of nitrogens with zero attached hydrogens (tertiary/aromatic N) is 2. The Bertz CT molecular complexity index is 1920. The minimum atomic E-state index is -0.814. The number of carbonyl (C=O) groups is 3. The summed E-state index contributed by atoms with van der Waals surface area (Å²) in [7, 11) is 0. The van der Waals surface area contributed by atoms with Crippen LogP contribution in [0, 0.1) is 81.1 Å². The number of hydrogen-bond donors (Lipinski definition) is 2. The molecule has 2 N–H and O–H groups in total. The van der Waals surface area contributed by atoms with E-state index >= 15 is 4.79 Å². The summed E-state index contributed by atoms with van der Waals surface area (Å²) >= 11 is 0. The minimum absolute atomic E-state index is 0.103. The maximum atomic E-state index is 15.0. The number of benzene rings is 1. The lowest BCUT2D eigenvalue weighted by Gasteiger charge is -2.67. The highest BCUT2D eigenvalue weighted by atomic mass is 19.1. The van der Waals surface area contributed by atoms with Crippen molar-refractivity contribution in [1.29, 1.82) is 0 Å². The number of nitrogens with one attached hydrogen (secondary N) is 1. The topological polar surface area (TPSA) is 113 Å². The number of imidazole rings is 1. The summed E-state index contributed by atoms with van der Waals surface area (Å²) in [5.74, 6) is 0.724. The molecule has 14 unspecified atom stereocenters. The van der Waals surface area contributed by atoms with E-state index in [1.54, 1.807) is 12.3 Å². The van der Waals surface area contributed by atoms with Gasteiger partial charge in [0.05, 0.1) is 35.2 Å². The average Bonchev–Trinajstić information content (AvgIpc) is 3.96. The molecule has 7 aliphatic rings. The molecule has 1 aromatic carbocycles. The van der Waals surface area contributed by atoms with Crippen LogP contribution in [0.4, 0.5) is 8.78 Å². The summed E-state index contributed by atoms with van der Waals surface area (Å²) in [6.45, 7) is 15.3. The molecular weight excluding hydrogens is 737 g/mol. The highest BCUT2D eigenvalue weighted by Crippen LogP contribution is 2.72. The SMILES string of the molecule is C=CC.CC1C(C(=O)O)CC1C(=O)OC1CCC2(C)C(CCC3(C)C4CCC5(C(=O)N6CCCC6c6ncc(-c7ccc(F)cc7F)[nH]6)CCCC5C4CCC23)C1C. The number of aromatic amines is 1. The van der Waals surface area contributed by atoms with E-state index in [1.807, 2.05) is 13.8 Å². The van der Waals surface area contributed by atoms with Crippen molar-refractivity contribution in [2.24, 2.45) is 69.5 Å². The van der Waals surface area contributed by atoms with Gasteiger partial charge in [-0.2, -0.15) is 0 Å². The van der Waals surface area contributed by atoms with Gasteiger partial charge in [-0.05, 0) is 155 Å². The monoisotopic (exact) mass is 801 g/mol. The number of halogens is 2. The number of amides is 1. The Morgan fingerprint density at radius 2 is 1.64 bits per heavy atom. The molecule has 1 aromatic heterocycles. The van der Waals surface area contributed by atoms with Crippen molar-refractivity contribution in [1.82, 2.24) is 14.9 Å². The fraction of sp³-hybridized carbons (Fsp3) is 0.708. The molecule has 2 heterocycles. The quantitative estimate of drug-likeness (QED) is 0.222. The number of allylic oxidation sites excluding steroid dienone is 1. The first kappa shape index (κ1) is 41.2. The molecule has 2 aromatic rings. The number of hydrogen-bond acceptors (Lipinski definition) is 5. The maximum absolute atomic E-state index is 15.0. The van der Waals surface area contributed by atoms with Crippen LogP contribution in [0.5, 0.6) is 0 Å². The van der Waals surface area contributed by atoms with Gasteiger partial charge in [0.2, 0.25) is 5.91 Å². The number of carboxylic acids is 1. The van der Waals surface area contributed by atoms with Crippen molar-refractivity contribution in [3.63, 3.8) is 0 Å². The van der Waals surface area contributed by atoms with Gasteiger partial charge in [0.15, 0.2) is 0 Å². The highest BCUT2D eigenvalue weighted by Gasteiger charge is 2.66. The molecule has 10 heteroatoms. The summed E-state index contributed by atoms with van der Waals surface area (Å²) < 4.78 is 34.5. The summed E-state index contributed by atoms with van der Waals surface area (Å²) in [5, 5.41) is 9.44. The predicted molar refractivity (Wildman–Crippen MR) is 218 cm³/mol. The molecular formula is C48H65F2N3O5. The van der Waals surface area contributed by atoms with E-state index < -0.39 is 23.5 Å². The summed E-state index contributed by atoms with van der Waals surface area (Å²) in [6.07, 6.45) is 17.2. The van der Waals surface area contributed by atoms with Crippen LogP contribution in [0.15, 0.2) is 37.1 Å². The van der Waals surface area contributed by atoms with Crippen molar-refractivity contribution in [3.05, 3.63) is 54.5 Å². The number of H-pyrrole nitrogens is 1. The van der Waals surface area contributed by atoms with Gasteiger partial charge in [0.1, 0.15) is 23.6 Å². The standard InChI is InChI=1S/C45H59F2N3O5.C3H6/c1-24-29(40(51)52)22-30(24)41(53)55-37-15-18-43(3)31(25(37)2)13-17-44(4)32-14-19-45(16-5-7-33(45)27(32)11-12-38(43)44)42(54)50-20-6-8-36(50)39-48-23-35(49-39)28-10-9-26(46)21-34(28)47;1-3-2/h9-10,21,23-25,27,29-33,36-38H,5-8,11-20,22H2,1-4H3,(H,48,49)(H,51,52);3H,1H2,2H3. The number of ether oxygens (including phenoxy) is 1. The van der Waals surface area contributed by atoms with Gasteiger partial charge >= 0.3 is 11.9 Å². The molecule has 316 valence electrons. The zero-order chi connectivity index (χ0) is 41.3. The van der Waals surface area contributed by atoms with Gasteiger partial charge in [-0.3, -0.25) is 14.4 Å². The number of rotatable bonds is 6. The van der Waals surface area contributed by atoms with Gasteiger partial charge in [0.25, 0.3) is 0 Å². The Hall–Kier alpha value is -3.56. The largest absolute Gasteiger partial charge is 0.481 e. The number of carbonyl (C=O) groups excluding carboxylic acids is 2. The maximum Gasteiger partial charge on any atom is 0.309 e. The van der Waals surface area contributed by atoms with Gasteiger partial charge in [-0.15, -0.1) is 6.58 Å². The first-order valence-electron chi connectivity index (χ1n) is 22.5. The zero-order valence-corrected chi connectivity index (χ0v) is 35.3. The van der Waals surface area contributed by atoms with E-state index in [0.717, 1.165) is 70.3 Å². The van der Waals surface area contributed by atoms with E-state index in [4.69, 9.17) is 4.74 Å². The molecule has 58 heavy (non-hydrogen) atoms. The van der Waals surface area contributed by atoms with E-state index in [1.165, 1.54) is 31.4 Å². The fourth-order valence-corrected chi connectivity index (χ4v) is 14.9. The van der Waals surface area contributed by atoms with Crippen molar-refractivity contribution in [3.8, 4) is 11.3 Å². The first-order chi connectivity index (χ1) is 27.7. The Morgan fingerprint density at radius 1 is 0.914 bits per heavy atom. The van der Waals surface area contributed by atoms with Crippen LogP contribution in [0.25, 0.3) is 11.3 Å². The fourth-order valence-electron chi connectivity index (χ4n) is 14.9. The van der Waals surface area contributed by atoms with E-state index in [2.05, 4.69) is 42.2 Å². The molecule has 8 nitrogen and oxygen atoms in total.